The van der Waals surface area contributed by atoms with Crippen molar-refractivity contribution in [3.63, 3.8) is 0 Å². The van der Waals surface area contributed by atoms with Gasteiger partial charge in [-0.1, -0.05) is 11.6 Å². The Kier molecular flexibility index (Phi) is 3.96. The molecule has 0 atom stereocenters. The highest BCUT2D eigenvalue weighted by Gasteiger charge is 2.15. The molecule has 0 amide bonds. The average molecular weight is 373 g/mol. The van der Waals surface area contributed by atoms with Gasteiger partial charge in [0.2, 0.25) is 5.95 Å². The van der Waals surface area contributed by atoms with Gasteiger partial charge in [0.05, 0.1) is 35.1 Å². The predicted molar refractivity (Wildman–Crippen MR) is 97.3 cm³/mol. The number of rotatable bonds is 4. The van der Waals surface area contributed by atoms with E-state index < -0.39 is 5.82 Å². The molecule has 0 bridgehead atoms. The van der Waals surface area contributed by atoms with Crippen LogP contribution in [-0.2, 0) is 7.05 Å². The number of halogens is 2. The molecule has 26 heavy (non-hydrogen) atoms. The fraction of sp³-hybridized carbons (Fsp3) is 0.118. The highest BCUT2D eigenvalue weighted by Crippen LogP contribution is 2.32. The fourth-order valence-electron chi connectivity index (χ4n) is 2.61. The third kappa shape index (κ3) is 2.74. The molecule has 4 rings (SSSR count). The Hall–Kier alpha value is -3.13. The van der Waals surface area contributed by atoms with Gasteiger partial charge in [0, 0.05) is 18.5 Å². The lowest BCUT2D eigenvalue weighted by Gasteiger charge is -2.07. The predicted octanol–water partition coefficient (Wildman–Crippen LogP) is 3.90. The highest BCUT2D eigenvalue weighted by atomic mass is 35.5. The molecule has 0 spiro atoms. The number of fused-ring (bicyclic) bond motifs is 1. The van der Waals surface area contributed by atoms with Crippen molar-refractivity contribution in [2.24, 2.45) is 7.05 Å². The average Bonchev–Trinajstić information content (AvgIpc) is 3.24. The van der Waals surface area contributed by atoms with Crippen LogP contribution in [0.25, 0.3) is 22.3 Å². The number of aromatic amines is 1. The molecule has 0 fully saturated rings. The van der Waals surface area contributed by atoms with Gasteiger partial charge in [-0.3, -0.25) is 5.10 Å². The van der Waals surface area contributed by atoms with Crippen molar-refractivity contribution in [2.45, 2.75) is 0 Å². The van der Waals surface area contributed by atoms with E-state index in [1.165, 1.54) is 17.9 Å². The zero-order valence-corrected chi connectivity index (χ0v) is 14.7. The van der Waals surface area contributed by atoms with E-state index in [0.29, 0.717) is 22.4 Å². The summed E-state index contributed by atoms with van der Waals surface area (Å²) in [5.74, 6) is 0.663. The van der Waals surface area contributed by atoms with Gasteiger partial charge in [0.25, 0.3) is 0 Å². The van der Waals surface area contributed by atoms with Crippen LogP contribution in [-0.4, -0.2) is 32.1 Å². The van der Waals surface area contributed by atoms with Gasteiger partial charge in [-0.05, 0) is 24.3 Å². The van der Waals surface area contributed by atoms with Gasteiger partial charge in [0.15, 0.2) is 5.82 Å². The molecule has 0 aliphatic carbocycles. The Bertz CT molecular complexity index is 1110. The van der Waals surface area contributed by atoms with E-state index >= 15 is 0 Å². The van der Waals surface area contributed by atoms with Crippen LogP contribution in [0.15, 0.2) is 36.5 Å². The van der Waals surface area contributed by atoms with E-state index in [9.17, 15) is 4.39 Å². The molecule has 7 nitrogen and oxygen atoms in total. The van der Waals surface area contributed by atoms with Gasteiger partial charge in [-0.25, -0.2) is 9.07 Å². The molecule has 0 aliphatic heterocycles. The number of nitrogens with one attached hydrogen (secondary N) is 2. The van der Waals surface area contributed by atoms with Crippen LogP contribution in [0.1, 0.15) is 0 Å². The summed E-state index contributed by atoms with van der Waals surface area (Å²) in [6.45, 7) is 0. The minimum atomic E-state index is -0.459. The van der Waals surface area contributed by atoms with Crippen LogP contribution in [0.4, 0.5) is 16.0 Å². The summed E-state index contributed by atoms with van der Waals surface area (Å²) in [5, 5.41) is 15.5. The zero-order chi connectivity index (χ0) is 18.3. The van der Waals surface area contributed by atoms with Gasteiger partial charge >= 0.3 is 0 Å². The van der Waals surface area contributed by atoms with Crippen molar-refractivity contribution in [3.05, 3.63) is 47.4 Å². The summed E-state index contributed by atoms with van der Waals surface area (Å²) in [6.07, 6.45) is 1.65. The number of H-pyrrole nitrogens is 1. The number of nitrogens with zero attached hydrogens (tertiary/aromatic N) is 4. The van der Waals surface area contributed by atoms with Gasteiger partial charge < -0.3 is 10.1 Å². The highest BCUT2D eigenvalue weighted by molar-refractivity contribution is 6.38. The second-order valence-corrected chi connectivity index (χ2v) is 5.99. The first-order valence-corrected chi connectivity index (χ1v) is 8.08. The second kappa shape index (κ2) is 6.30. The standard InChI is InChI=1S/C17H14ClFN6O/c1-25-17(21-14-6-5-13-11(15(14)18)8-20-23-13)22-16(24-25)10-4-3-9(26-2)7-12(10)19/h3-8H,1-2H3,(H,20,23)(H,21,22,24). The van der Waals surface area contributed by atoms with E-state index in [-0.39, 0.29) is 11.4 Å². The molecule has 0 saturated carbocycles. The van der Waals surface area contributed by atoms with Crippen LogP contribution in [0.5, 0.6) is 5.75 Å². The fourth-order valence-corrected chi connectivity index (χ4v) is 2.87. The first kappa shape index (κ1) is 16.3. The summed E-state index contributed by atoms with van der Waals surface area (Å²) in [5.41, 5.74) is 1.77. The molecular weight excluding hydrogens is 359 g/mol. The normalized spacial score (nSPS) is 11.1. The van der Waals surface area contributed by atoms with E-state index in [1.807, 2.05) is 12.1 Å². The third-order valence-electron chi connectivity index (χ3n) is 3.99. The SMILES string of the molecule is COc1ccc(-c2nc(Nc3ccc4[nH]ncc4c3Cl)n(C)n2)c(F)c1. The van der Waals surface area contributed by atoms with Gasteiger partial charge in [-0.2, -0.15) is 10.1 Å². The Morgan fingerprint density at radius 1 is 1.27 bits per heavy atom. The maximum atomic E-state index is 14.3. The molecule has 2 N–H and O–H groups in total. The minimum Gasteiger partial charge on any atom is -0.497 e. The molecule has 4 aromatic rings. The maximum absolute atomic E-state index is 14.3. The summed E-state index contributed by atoms with van der Waals surface area (Å²) < 4.78 is 20.8. The maximum Gasteiger partial charge on any atom is 0.226 e. The number of anilines is 2. The number of hydrogen-bond acceptors (Lipinski definition) is 5. The minimum absolute atomic E-state index is 0.260. The summed E-state index contributed by atoms with van der Waals surface area (Å²) in [7, 11) is 3.20. The Balaban J connectivity index is 1.69. The van der Waals surface area contributed by atoms with Crippen molar-refractivity contribution >= 4 is 34.1 Å². The largest absolute Gasteiger partial charge is 0.497 e. The smallest absolute Gasteiger partial charge is 0.226 e. The summed E-state index contributed by atoms with van der Waals surface area (Å²) in [4.78, 5) is 4.38. The van der Waals surface area contributed by atoms with E-state index in [4.69, 9.17) is 16.3 Å². The van der Waals surface area contributed by atoms with Gasteiger partial charge in [-0.15, -0.1) is 5.10 Å². The van der Waals surface area contributed by atoms with Crippen LogP contribution in [0.2, 0.25) is 5.02 Å². The van der Waals surface area contributed by atoms with Crippen molar-refractivity contribution in [3.8, 4) is 17.1 Å². The molecule has 0 saturated heterocycles. The van der Waals surface area contributed by atoms with E-state index in [2.05, 4.69) is 25.6 Å². The zero-order valence-electron chi connectivity index (χ0n) is 13.9. The number of methoxy groups -OCH3 is 1. The summed E-state index contributed by atoms with van der Waals surface area (Å²) >= 11 is 6.41. The molecule has 2 aromatic heterocycles. The third-order valence-corrected chi connectivity index (χ3v) is 4.39. The molecule has 0 unspecified atom stereocenters. The lowest BCUT2D eigenvalue weighted by Crippen LogP contribution is -2.00. The molecule has 9 heteroatoms. The molecule has 132 valence electrons. The van der Waals surface area contributed by atoms with Crippen molar-refractivity contribution in [1.29, 1.82) is 0 Å². The number of hydrogen-bond donors (Lipinski definition) is 2. The topological polar surface area (TPSA) is 80.6 Å². The monoisotopic (exact) mass is 372 g/mol. The Morgan fingerprint density at radius 2 is 2.12 bits per heavy atom. The quantitative estimate of drug-likeness (QED) is 0.567. The van der Waals surface area contributed by atoms with Crippen molar-refractivity contribution in [2.75, 3.05) is 12.4 Å². The molecule has 0 radical (unpaired) electrons. The number of aromatic nitrogens is 5. The van der Waals surface area contributed by atoms with Crippen LogP contribution >= 0.6 is 11.6 Å². The second-order valence-electron chi connectivity index (χ2n) is 5.61. The van der Waals surface area contributed by atoms with E-state index in [1.54, 1.807) is 25.4 Å². The van der Waals surface area contributed by atoms with Crippen molar-refractivity contribution < 1.29 is 9.13 Å². The van der Waals surface area contributed by atoms with E-state index in [0.717, 1.165) is 10.9 Å². The molecule has 0 aliphatic rings. The van der Waals surface area contributed by atoms with Crippen molar-refractivity contribution in [1.82, 2.24) is 25.0 Å². The van der Waals surface area contributed by atoms with Crippen LogP contribution in [0.3, 0.4) is 0 Å². The number of ether oxygens (including phenoxy) is 1. The molecule has 2 heterocycles. The molecular formula is C17H14ClFN6O. The number of benzene rings is 2. The van der Waals surface area contributed by atoms with Crippen LogP contribution < -0.4 is 10.1 Å². The van der Waals surface area contributed by atoms with Crippen LogP contribution in [0, 0.1) is 5.82 Å². The Labute approximate surface area is 152 Å². The van der Waals surface area contributed by atoms with Gasteiger partial charge in [0.1, 0.15) is 11.6 Å². The lowest BCUT2D eigenvalue weighted by molar-refractivity contribution is 0.411. The summed E-state index contributed by atoms with van der Waals surface area (Å²) in [6, 6.07) is 8.20. The first-order valence-electron chi connectivity index (χ1n) is 7.70. The lowest BCUT2D eigenvalue weighted by atomic mass is 10.2. The molecule has 2 aromatic carbocycles. The Morgan fingerprint density at radius 3 is 2.88 bits per heavy atom. The number of aryl methyl sites for hydroxylation is 1. The first-order chi connectivity index (χ1) is 12.6.